The molecule has 2 heterocycles. The summed E-state index contributed by atoms with van der Waals surface area (Å²) in [6.45, 7) is 3.20. The monoisotopic (exact) mass is 728 g/mol. The quantitative estimate of drug-likeness (QED) is 0.0743. The highest BCUT2D eigenvalue weighted by atomic mass is 16.5. The van der Waals surface area contributed by atoms with E-state index in [2.05, 4.69) is 78.6 Å². The van der Waals surface area contributed by atoms with Crippen molar-refractivity contribution in [2.45, 2.75) is 64.5 Å². The third-order valence-electron chi connectivity index (χ3n) is 10.9. The van der Waals surface area contributed by atoms with Gasteiger partial charge in [-0.1, -0.05) is 73.7 Å². The van der Waals surface area contributed by atoms with E-state index in [0.29, 0.717) is 31.6 Å². The van der Waals surface area contributed by atoms with E-state index in [1.54, 1.807) is 17.0 Å². The van der Waals surface area contributed by atoms with Gasteiger partial charge in [-0.25, -0.2) is 0 Å². The summed E-state index contributed by atoms with van der Waals surface area (Å²) in [7, 11) is 0. The highest BCUT2D eigenvalue weighted by molar-refractivity contribution is 6.07. The predicted molar refractivity (Wildman–Crippen MR) is 217 cm³/mol. The summed E-state index contributed by atoms with van der Waals surface area (Å²) in [4.78, 5) is 42.7. The number of aromatic nitrogens is 1. The SMILES string of the molecule is CC/C(=C(\c1ccc(O)cc1)c1ccc(OCCCCc2cc3cc(-c4ccc5c(c4)CN(C4CCC(=O)CC4=O)C5=O)ccc3[nH]2)cc1)c1ccccc1. The molecule has 7 heteroatoms. The second-order valence-electron chi connectivity index (χ2n) is 14.6. The Morgan fingerprint density at radius 1 is 0.800 bits per heavy atom. The number of Topliss-reactive ketones (excluding diaryl/α,β-unsaturated/α-hetero) is 2. The molecule has 55 heavy (non-hydrogen) atoms. The van der Waals surface area contributed by atoms with Crippen molar-refractivity contribution in [3.05, 3.63) is 155 Å². The van der Waals surface area contributed by atoms with Gasteiger partial charge in [0.2, 0.25) is 0 Å². The van der Waals surface area contributed by atoms with Gasteiger partial charge in [-0.3, -0.25) is 14.4 Å². The van der Waals surface area contributed by atoms with E-state index in [4.69, 9.17) is 4.74 Å². The lowest BCUT2D eigenvalue weighted by Gasteiger charge is -2.29. The van der Waals surface area contributed by atoms with E-state index in [-0.39, 0.29) is 29.6 Å². The molecule has 7 nitrogen and oxygen atoms in total. The van der Waals surface area contributed by atoms with Crippen LogP contribution in [0.2, 0.25) is 0 Å². The molecule has 0 saturated heterocycles. The van der Waals surface area contributed by atoms with Gasteiger partial charge in [0.1, 0.15) is 17.3 Å². The summed E-state index contributed by atoms with van der Waals surface area (Å²) in [6.07, 6.45) is 4.37. The van der Waals surface area contributed by atoms with Crippen molar-refractivity contribution in [3.63, 3.8) is 0 Å². The molecule has 8 rings (SSSR count). The fourth-order valence-electron chi connectivity index (χ4n) is 8.10. The smallest absolute Gasteiger partial charge is 0.255 e. The normalized spacial score (nSPS) is 16.1. The number of nitrogens with one attached hydrogen (secondary N) is 1. The number of fused-ring (bicyclic) bond motifs is 2. The number of amides is 1. The van der Waals surface area contributed by atoms with Crippen LogP contribution < -0.4 is 4.74 Å². The van der Waals surface area contributed by atoms with E-state index in [9.17, 15) is 19.5 Å². The molecule has 1 aliphatic carbocycles. The van der Waals surface area contributed by atoms with Gasteiger partial charge in [-0.2, -0.15) is 0 Å². The minimum Gasteiger partial charge on any atom is -0.508 e. The molecule has 1 amide bonds. The number of aromatic hydroxyl groups is 1. The average Bonchev–Trinajstić information content (AvgIpc) is 3.77. The molecule has 2 N–H and O–H groups in total. The number of phenolic OH excluding ortho intramolecular Hbond substituents is 1. The number of unbranched alkanes of at least 4 members (excludes halogenated alkanes) is 1. The van der Waals surface area contributed by atoms with Crippen LogP contribution in [0.25, 0.3) is 33.2 Å². The molecule has 0 spiro atoms. The maximum absolute atomic E-state index is 13.2. The zero-order valence-electron chi connectivity index (χ0n) is 31.0. The molecule has 0 radical (unpaired) electrons. The Hall–Kier alpha value is -6.21. The summed E-state index contributed by atoms with van der Waals surface area (Å²) in [6, 6.07) is 40.2. The van der Waals surface area contributed by atoms with Gasteiger partial charge in [0, 0.05) is 35.1 Å². The van der Waals surface area contributed by atoms with Gasteiger partial charge in [0.15, 0.2) is 5.78 Å². The Bertz CT molecular complexity index is 2410. The number of carbonyl (C=O) groups excluding carboxylic acids is 3. The maximum atomic E-state index is 13.2. The van der Waals surface area contributed by atoms with Gasteiger partial charge in [-0.15, -0.1) is 0 Å². The summed E-state index contributed by atoms with van der Waals surface area (Å²) < 4.78 is 6.17. The van der Waals surface area contributed by atoms with Crippen LogP contribution >= 0.6 is 0 Å². The first kappa shape index (κ1) is 35.8. The first-order valence-corrected chi connectivity index (χ1v) is 19.3. The Labute approximate surface area is 321 Å². The Kier molecular flexibility index (Phi) is 10.2. The summed E-state index contributed by atoms with van der Waals surface area (Å²) >= 11 is 0. The van der Waals surface area contributed by atoms with Crippen LogP contribution in [0.4, 0.5) is 0 Å². The Balaban J connectivity index is 0.878. The molecule has 6 aromatic rings. The summed E-state index contributed by atoms with van der Waals surface area (Å²) in [5.74, 6) is 0.779. The highest BCUT2D eigenvalue weighted by Crippen LogP contribution is 2.36. The van der Waals surface area contributed by atoms with Crippen LogP contribution in [0.3, 0.4) is 0 Å². The van der Waals surface area contributed by atoms with Crippen LogP contribution in [-0.2, 0) is 22.6 Å². The average molecular weight is 729 g/mol. The van der Waals surface area contributed by atoms with Gasteiger partial charge in [0.25, 0.3) is 5.91 Å². The number of aryl methyl sites for hydroxylation is 1. The fraction of sp³-hybridized carbons (Fsp3) is 0.229. The molecule has 1 saturated carbocycles. The molecule has 276 valence electrons. The van der Waals surface area contributed by atoms with Crippen LogP contribution in [-0.4, -0.2) is 45.1 Å². The minimum absolute atomic E-state index is 0.0384. The number of ketones is 2. The molecule has 5 aromatic carbocycles. The molecule has 1 atom stereocenters. The van der Waals surface area contributed by atoms with Gasteiger partial charge in [-0.05, 0) is 131 Å². The number of phenols is 1. The van der Waals surface area contributed by atoms with Gasteiger partial charge in [0.05, 0.1) is 19.1 Å². The lowest BCUT2D eigenvalue weighted by atomic mass is 9.88. The summed E-state index contributed by atoms with van der Waals surface area (Å²) in [5, 5.41) is 11.1. The first-order chi connectivity index (χ1) is 26.8. The van der Waals surface area contributed by atoms with E-state index in [1.807, 2.05) is 42.5 Å². The van der Waals surface area contributed by atoms with Crippen molar-refractivity contribution in [1.29, 1.82) is 0 Å². The standard InChI is InChI=1S/C48H44N2O5/c1-2-42(31-8-4-3-5-9-31)47(32-11-17-39(51)18-12-32)33-13-20-41(21-14-33)55-25-7-6-10-38-28-36-26-35(16-23-44(36)49-38)34-15-22-43-37(27-34)30-50(48(43)54)45-24-19-40(52)29-46(45)53/h3-5,8-9,11-18,20-23,26-28,45,49,51H,2,6-7,10,19,24-25,29-30H2,1H3/b47-42-. The van der Waals surface area contributed by atoms with Crippen molar-refractivity contribution in [2.24, 2.45) is 0 Å². The molecule has 1 fully saturated rings. The second-order valence-corrected chi connectivity index (χ2v) is 14.6. The first-order valence-electron chi connectivity index (χ1n) is 19.3. The zero-order chi connectivity index (χ0) is 37.9. The van der Waals surface area contributed by atoms with Crippen molar-refractivity contribution in [3.8, 4) is 22.6 Å². The number of hydrogen-bond donors (Lipinski definition) is 2. The van der Waals surface area contributed by atoms with Crippen molar-refractivity contribution in [1.82, 2.24) is 9.88 Å². The van der Waals surface area contributed by atoms with Crippen molar-refractivity contribution >= 4 is 39.5 Å². The molecule has 1 aromatic heterocycles. The van der Waals surface area contributed by atoms with Gasteiger partial charge < -0.3 is 19.7 Å². The number of rotatable bonds is 12. The van der Waals surface area contributed by atoms with Crippen molar-refractivity contribution < 1.29 is 24.2 Å². The second kappa shape index (κ2) is 15.6. The number of allylic oxidation sites excluding steroid dienone is 1. The number of aromatic amines is 1. The van der Waals surface area contributed by atoms with Crippen molar-refractivity contribution in [2.75, 3.05) is 6.61 Å². The zero-order valence-corrected chi connectivity index (χ0v) is 31.0. The maximum Gasteiger partial charge on any atom is 0.255 e. The summed E-state index contributed by atoms with van der Waals surface area (Å²) in [5.41, 5.74) is 11.7. The molecule has 0 bridgehead atoms. The van der Waals surface area contributed by atoms with Crippen LogP contribution in [0.1, 0.15) is 83.8 Å². The molecule has 1 unspecified atom stereocenters. The van der Waals surface area contributed by atoms with E-state index >= 15 is 0 Å². The number of H-pyrrole nitrogens is 1. The fourth-order valence-corrected chi connectivity index (χ4v) is 8.10. The van der Waals surface area contributed by atoms with E-state index < -0.39 is 6.04 Å². The number of benzene rings is 5. The largest absolute Gasteiger partial charge is 0.508 e. The van der Waals surface area contributed by atoms with Gasteiger partial charge >= 0.3 is 0 Å². The highest BCUT2D eigenvalue weighted by Gasteiger charge is 2.39. The predicted octanol–water partition coefficient (Wildman–Crippen LogP) is 9.96. The molecular formula is C48H44N2O5. The Morgan fingerprint density at radius 2 is 1.53 bits per heavy atom. The molecular weight excluding hydrogens is 685 g/mol. The number of carbonyl (C=O) groups is 3. The van der Waals surface area contributed by atoms with Crippen LogP contribution in [0.5, 0.6) is 11.5 Å². The third kappa shape index (κ3) is 7.60. The Morgan fingerprint density at radius 3 is 2.27 bits per heavy atom. The van der Waals surface area contributed by atoms with E-state index in [1.165, 1.54) is 16.8 Å². The van der Waals surface area contributed by atoms with Crippen LogP contribution in [0.15, 0.2) is 121 Å². The molecule has 1 aliphatic heterocycles. The topological polar surface area (TPSA) is 99.7 Å². The number of nitrogens with zero attached hydrogens (tertiary/aromatic N) is 1. The lowest BCUT2D eigenvalue weighted by Crippen LogP contribution is -2.44. The minimum atomic E-state index is -0.511. The number of hydrogen-bond acceptors (Lipinski definition) is 5. The molecule has 2 aliphatic rings. The number of ether oxygens (including phenoxy) is 1. The third-order valence-corrected chi connectivity index (χ3v) is 10.9. The lowest BCUT2D eigenvalue weighted by molar-refractivity contribution is -0.133. The van der Waals surface area contributed by atoms with Crippen LogP contribution in [0, 0.1) is 0 Å². The van der Waals surface area contributed by atoms with E-state index in [0.717, 1.165) is 75.7 Å².